The van der Waals surface area contributed by atoms with Crippen molar-refractivity contribution in [1.29, 1.82) is 0 Å². The Kier molecular flexibility index (Phi) is 4.29. The predicted molar refractivity (Wildman–Crippen MR) is 74.3 cm³/mol. The largest absolute Gasteiger partial charge is 0.261 e. The van der Waals surface area contributed by atoms with Gasteiger partial charge in [-0.25, -0.2) is 13.1 Å². The molecule has 19 heavy (non-hydrogen) atoms. The number of sulfonamides is 1. The van der Waals surface area contributed by atoms with Crippen molar-refractivity contribution in [1.82, 2.24) is 9.71 Å². The highest BCUT2D eigenvalue weighted by atomic mass is 32.2. The first kappa shape index (κ1) is 13.7. The monoisotopic (exact) mass is 276 g/mol. The molecule has 0 radical (unpaired) electrons. The van der Waals surface area contributed by atoms with Gasteiger partial charge in [0.15, 0.2) is 0 Å². The summed E-state index contributed by atoms with van der Waals surface area (Å²) in [4.78, 5) is 4.45. The Balaban J connectivity index is 1.99. The second-order valence-corrected chi connectivity index (χ2v) is 6.05. The van der Waals surface area contributed by atoms with Gasteiger partial charge in [0.1, 0.15) is 0 Å². The SMILES string of the molecule is Cc1cccc(S(=O)(=O)NCCc2ccccn2)c1. The minimum Gasteiger partial charge on any atom is -0.261 e. The molecule has 5 heteroatoms. The van der Waals surface area contributed by atoms with Crippen molar-refractivity contribution < 1.29 is 8.42 Å². The summed E-state index contributed by atoms with van der Waals surface area (Å²) < 4.78 is 26.7. The summed E-state index contributed by atoms with van der Waals surface area (Å²) >= 11 is 0. The molecule has 1 aromatic heterocycles. The van der Waals surface area contributed by atoms with Gasteiger partial charge in [-0.1, -0.05) is 18.2 Å². The van der Waals surface area contributed by atoms with Crippen LogP contribution in [-0.4, -0.2) is 19.9 Å². The zero-order chi connectivity index (χ0) is 13.7. The zero-order valence-corrected chi connectivity index (χ0v) is 11.5. The average molecular weight is 276 g/mol. The average Bonchev–Trinajstić information content (AvgIpc) is 2.40. The van der Waals surface area contributed by atoms with Gasteiger partial charge in [0, 0.05) is 24.9 Å². The summed E-state index contributed by atoms with van der Waals surface area (Å²) in [5, 5.41) is 0. The summed E-state index contributed by atoms with van der Waals surface area (Å²) in [5.41, 5.74) is 1.79. The normalized spacial score (nSPS) is 11.4. The first-order chi connectivity index (χ1) is 9.08. The van der Waals surface area contributed by atoms with Gasteiger partial charge in [0.05, 0.1) is 4.90 Å². The lowest BCUT2D eigenvalue weighted by Crippen LogP contribution is -2.26. The van der Waals surface area contributed by atoms with E-state index in [0.29, 0.717) is 17.9 Å². The van der Waals surface area contributed by atoms with Crippen molar-refractivity contribution >= 4 is 10.0 Å². The Bertz CT molecular complexity index is 640. The maximum Gasteiger partial charge on any atom is 0.240 e. The number of rotatable bonds is 5. The van der Waals surface area contributed by atoms with Crippen LogP contribution in [0.25, 0.3) is 0 Å². The molecular formula is C14H16N2O2S. The predicted octanol–water partition coefficient (Wildman–Crippen LogP) is 1.91. The van der Waals surface area contributed by atoms with Crippen LogP contribution >= 0.6 is 0 Å². The standard InChI is InChI=1S/C14H16N2O2S/c1-12-5-4-7-14(11-12)19(17,18)16-10-8-13-6-2-3-9-15-13/h2-7,9,11,16H,8,10H2,1H3. The molecule has 1 aromatic carbocycles. The minimum absolute atomic E-state index is 0.300. The van der Waals surface area contributed by atoms with Crippen LogP contribution in [0, 0.1) is 6.92 Å². The fourth-order valence-electron chi connectivity index (χ4n) is 1.73. The van der Waals surface area contributed by atoms with Crippen molar-refractivity contribution in [2.24, 2.45) is 0 Å². The van der Waals surface area contributed by atoms with Crippen molar-refractivity contribution in [3.8, 4) is 0 Å². The number of aromatic nitrogens is 1. The molecule has 1 N–H and O–H groups in total. The number of aryl methyl sites for hydroxylation is 1. The van der Waals surface area contributed by atoms with Gasteiger partial charge in [-0.15, -0.1) is 0 Å². The summed E-state index contributed by atoms with van der Waals surface area (Å²) in [6.07, 6.45) is 2.27. The number of hydrogen-bond donors (Lipinski definition) is 1. The molecule has 0 bridgehead atoms. The molecule has 0 saturated carbocycles. The number of nitrogens with one attached hydrogen (secondary N) is 1. The highest BCUT2D eigenvalue weighted by molar-refractivity contribution is 7.89. The highest BCUT2D eigenvalue weighted by Crippen LogP contribution is 2.10. The third kappa shape index (κ3) is 3.87. The van der Waals surface area contributed by atoms with E-state index in [1.807, 2.05) is 31.2 Å². The van der Waals surface area contributed by atoms with Gasteiger partial charge >= 0.3 is 0 Å². The molecule has 100 valence electrons. The Morgan fingerprint density at radius 1 is 1.16 bits per heavy atom. The van der Waals surface area contributed by atoms with Crippen molar-refractivity contribution in [2.45, 2.75) is 18.2 Å². The zero-order valence-electron chi connectivity index (χ0n) is 10.7. The van der Waals surface area contributed by atoms with Crippen LogP contribution in [0.15, 0.2) is 53.6 Å². The van der Waals surface area contributed by atoms with Crippen molar-refractivity contribution in [2.75, 3.05) is 6.54 Å². The lowest BCUT2D eigenvalue weighted by Gasteiger charge is -2.07. The second-order valence-electron chi connectivity index (χ2n) is 4.29. The molecule has 0 fully saturated rings. The highest BCUT2D eigenvalue weighted by Gasteiger charge is 2.12. The number of hydrogen-bond acceptors (Lipinski definition) is 3. The first-order valence-corrected chi connectivity index (χ1v) is 7.52. The van der Waals surface area contributed by atoms with Crippen LogP contribution in [0.1, 0.15) is 11.3 Å². The smallest absolute Gasteiger partial charge is 0.240 e. The molecule has 0 atom stereocenters. The fourth-order valence-corrected chi connectivity index (χ4v) is 2.86. The summed E-state index contributed by atoms with van der Waals surface area (Å²) in [5.74, 6) is 0. The molecule has 0 amide bonds. The van der Waals surface area contributed by atoms with Crippen LogP contribution in [0.2, 0.25) is 0 Å². The topological polar surface area (TPSA) is 59.1 Å². The van der Waals surface area contributed by atoms with Crippen molar-refractivity contribution in [3.63, 3.8) is 0 Å². The van der Waals surface area contributed by atoms with Crippen LogP contribution in [0.4, 0.5) is 0 Å². The lowest BCUT2D eigenvalue weighted by molar-refractivity contribution is 0.581. The molecule has 2 rings (SSSR count). The quantitative estimate of drug-likeness (QED) is 0.907. The summed E-state index contributed by atoms with van der Waals surface area (Å²) in [6.45, 7) is 2.21. The molecule has 0 aliphatic heterocycles. The van der Waals surface area contributed by atoms with E-state index in [0.717, 1.165) is 11.3 Å². The third-order valence-electron chi connectivity index (χ3n) is 2.70. The van der Waals surface area contributed by atoms with E-state index in [4.69, 9.17) is 0 Å². The van der Waals surface area contributed by atoms with Crippen LogP contribution < -0.4 is 4.72 Å². The van der Waals surface area contributed by atoms with Gasteiger partial charge in [-0.05, 0) is 36.8 Å². The van der Waals surface area contributed by atoms with E-state index in [1.165, 1.54) is 0 Å². The maximum atomic E-state index is 12.0. The lowest BCUT2D eigenvalue weighted by atomic mass is 10.2. The minimum atomic E-state index is -3.43. The van der Waals surface area contributed by atoms with Gasteiger partial charge in [-0.2, -0.15) is 0 Å². The van der Waals surface area contributed by atoms with Crippen LogP contribution in [0.3, 0.4) is 0 Å². The van der Waals surface area contributed by atoms with Crippen molar-refractivity contribution in [3.05, 3.63) is 59.9 Å². The third-order valence-corrected chi connectivity index (χ3v) is 4.16. The summed E-state index contributed by atoms with van der Waals surface area (Å²) in [7, 11) is -3.43. The molecule has 1 heterocycles. The van der Waals surface area contributed by atoms with E-state index in [-0.39, 0.29) is 0 Å². The van der Waals surface area contributed by atoms with E-state index >= 15 is 0 Å². The number of pyridine rings is 1. The molecule has 0 aliphatic rings. The van der Waals surface area contributed by atoms with E-state index in [2.05, 4.69) is 9.71 Å². The Morgan fingerprint density at radius 2 is 2.00 bits per heavy atom. The molecule has 0 saturated heterocycles. The molecule has 0 unspecified atom stereocenters. The van der Waals surface area contributed by atoms with Crippen LogP contribution in [-0.2, 0) is 16.4 Å². The Hall–Kier alpha value is -1.72. The molecule has 4 nitrogen and oxygen atoms in total. The Morgan fingerprint density at radius 3 is 2.68 bits per heavy atom. The molecule has 0 spiro atoms. The second kappa shape index (κ2) is 5.95. The number of benzene rings is 1. The van der Waals surface area contributed by atoms with E-state index in [1.54, 1.807) is 24.4 Å². The van der Waals surface area contributed by atoms with Gasteiger partial charge < -0.3 is 0 Å². The fraction of sp³-hybridized carbons (Fsp3) is 0.214. The van der Waals surface area contributed by atoms with Gasteiger partial charge in [0.25, 0.3) is 0 Å². The number of nitrogens with zero attached hydrogens (tertiary/aromatic N) is 1. The van der Waals surface area contributed by atoms with Gasteiger partial charge in [0.2, 0.25) is 10.0 Å². The van der Waals surface area contributed by atoms with Crippen LogP contribution in [0.5, 0.6) is 0 Å². The van der Waals surface area contributed by atoms with E-state index in [9.17, 15) is 8.42 Å². The Labute approximate surface area is 113 Å². The first-order valence-electron chi connectivity index (χ1n) is 6.04. The summed E-state index contributed by atoms with van der Waals surface area (Å²) in [6, 6.07) is 12.5. The molecule has 0 aliphatic carbocycles. The van der Waals surface area contributed by atoms with Gasteiger partial charge in [-0.3, -0.25) is 4.98 Å². The van der Waals surface area contributed by atoms with E-state index < -0.39 is 10.0 Å². The molecular weight excluding hydrogens is 260 g/mol. The molecule has 2 aromatic rings. The maximum absolute atomic E-state index is 12.0.